The van der Waals surface area contributed by atoms with Crippen molar-refractivity contribution in [3.8, 4) is 0 Å². The van der Waals surface area contributed by atoms with Crippen molar-refractivity contribution in [2.24, 2.45) is 5.92 Å². The van der Waals surface area contributed by atoms with Crippen molar-refractivity contribution < 1.29 is 63.1 Å². The van der Waals surface area contributed by atoms with Gasteiger partial charge in [0.05, 0.1) is 6.04 Å². The fourth-order valence-electron chi connectivity index (χ4n) is 3.21. The summed E-state index contributed by atoms with van der Waals surface area (Å²) in [6, 6.07) is -1.48. The zero-order valence-corrected chi connectivity index (χ0v) is 20.1. The molecule has 0 bridgehead atoms. The molecule has 1 aliphatic heterocycles. The summed E-state index contributed by atoms with van der Waals surface area (Å²) in [5.74, 6) is -0.188. The minimum atomic E-state index is -0.945. The fourth-order valence-corrected chi connectivity index (χ4v) is 3.21. The predicted octanol–water partition coefficient (Wildman–Crippen LogP) is 2.23. The molecule has 0 amide bonds. The second kappa shape index (κ2) is 11.9. The Morgan fingerprint density at radius 3 is 2.50 bits per heavy atom. The number of nitrogens with zero attached hydrogens (tertiary/aromatic N) is 1. The molecule has 1 saturated heterocycles. The zero-order valence-electron chi connectivity index (χ0n) is 15.3. The first-order valence-electron chi connectivity index (χ1n) is 8.15. The normalized spacial score (nSPS) is 27.0. The number of Topliss-reactive ketones (excluding diaryl/α,β-unsaturated/α-hetero) is 2. The van der Waals surface area contributed by atoms with Crippen molar-refractivity contribution in [1.29, 1.82) is 0 Å². The first-order valence-corrected chi connectivity index (χ1v) is 8.15. The number of likely N-dealkylation sites (tertiary alicyclic amines) is 1. The van der Waals surface area contributed by atoms with Gasteiger partial charge in [-0.05, 0) is 47.1 Å². The van der Waals surface area contributed by atoms with Crippen LogP contribution in [0.5, 0.6) is 0 Å². The molecule has 0 saturated carbocycles. The summed E-state index contributed by atoms with van der Waals surface area (Å²) in [5, 5.41) is 0. The average molecular weight is 552 g/mol. The average Bonchev–Trinajstić information content (AvgIpc) is 2.81. The quantitative estimate of drug-likeness (QED) is 0.324. The van der Waals surface area contributed by atoms with Gasteiger partial charge in [0.25, 0.3) is 0 Å². The Hall–Kier alpha value is 0.362. The second-order valence-electron chi connectivity index (χ2n) is 5.99. The summed E-state index contributed by atoms with van der Waals surface area (Å²) < 4.78 is 10.6. The van der Waals surface area contributed by atoms with Crippen LogP contribution in [0, 0.1) is 50.0 Å². The summed E-state index contributed by atoms with van der Waals surface area (Å²) in [7, 11) is 1.82. The van der Waals surface area contributed by atoms with Gasteiger partial charge in [-0.2, -0.15) is 0 Å². The van der Waals surface area contributed by atoms with Gasteiger partial charge in [-0.25, -0.2) is 0 Å². The minimum Gasteiger partial charge on any atom is -0.667 e. The molecule has 0 spiro atoms. The van der Waals surface area contributed by atoms with Gasteiger partial charge in [-0.3, -0.25) is 14.5 Å². The number of likely N-dealkylation sites (N-methyl/N-ethyl adjacent to an activating group) is 1. The summed E-state index contributed by atoms with van der Waals surface area (Å²) in [4.78, 5) is 26.0. The van der Waals surface area contributed by atoms with Crippen LogP contribution in [0.2, 0.25) is 0 Å². The van der Waals surface area contributed by atoms with Gasteiger partial charge in [0, 0.05) is 56.7 Å². The monoisotopic (exact) mass is 552 g/mol. The van der Waals surface area contributed by atoms with Crippen LogP contribution in [0.25, 0.3) is 5.73 Å². The number of carbonyl (C=O) groups excluding carboxylic acids is 2. The summed E-state index contributed by atoms with van der Waals surface area (Å²) in [6.07, 6.45) is 4.09. The van der Waals surface area contributed by atoms with Gasteiger partial charge in [0.15, 0.2) is 6.29 Å². The standard InChI is InChI=1S/C17H29N2O4.Ac/c1-6-8-13-9-14(11(3)20)19(5)17(13)16(18)15(21)10-23-12(4)22-7-2;/h6,8,12-14,16-18H,7,9-10H2,1-5H3;/q-1;/b8-6-;/t12?,13-,14-,16+,17-;/m1./s1. The number of hydrogen-bond acceptors (Lipinski definition) is 5. The summed E-state index contributed by atoms with van der Waals surface area (Å²) in [6.45, 7) is 7.41. The largest absolute Gasteiger partial charge is 0.667 e. The van der Waals surface area contributed by atoms with E-state index in [4.69, 9.17) is 15.2 Å². The second-order valence-corrected chi connectivity index (χ2v) is 5.99. The third-order valence-corrected chi connectivity index (χ3v) is 4.35. The molecule has 1 radical (unpaired) electrons. The van der Waals surface area contributed by atoms with E-state index in [1.165, 1.54) is 0 Å². The van der Waals surface area contributed by atoms with E-state index < -0.39 is 12.3 Å². The van der Waals surface area contributed by atoms with Crippen molar-refractivity contribution in [1.82, 2.24) is 4.90 Å². The van der Waals surface area contributed by atoms with E-state index in [1.54, 1.807) is 13.8 Å². The maximum Gasteiger partial charge on any atom is 0.155 e. The zero-order chi connectivity index (χ0) is 17.6. The topological polar surface area (TPSA) is 79.6 Å². The van der Waals surface area contributed by atoms with E-state index in [1.807, 2.05) is 37.9 Å². The summed E-state index contributed by atoms with van der Waals surface area (Å²) >= 11 is 0. The third-order valence-electron chi connectivity index (χ3n) is 4.35. The van der Waals surface area contributed by atoms with Gasteiger partial charge in [-0.1, -0.05) is 18.2 Å². The predicted molar refractivity (Wildman–Crippen MR) is 89.1 cm³/mol. The van der Waals surface area contributed by atoms with Gasteiger partial charge < -0.3 is 15.2 Å². The molecule has 24 heavy (non-hydrogen) atoms. The van der Waals surface area contributed by atoms with Crippen LogP contribution >= 0.6 is 0 Å². The van der Waals surface area contributed by atoms with Gasteiger partial charge in [-0.15, -0.1) is 0 Å². The number of carbonyl (C=O) groups is 2. The van der Waals surface area contributed by atoms with Gasteiger partial charge in [0.1, 0.15) is 18.2 Å². The van der Waals surface area contributed by atoms with Crippen LogP contribution in [-0.2, 0) is 19.1 Å². The molecule has 0 aromatic rings. The molecule has 1 unspecified atom stereocenters. The van der Waals surface area contributed by atoms with Crippen LogP contribution in [0.4, 0.5) is 0 Å². The Morgan fingerprint density at radius 2 is 2.00 bits per heavy atom. The van der Waals surface area contributed by atoms with Crippen LogP contribution in [-0.4, -0.2) is 61.1 Å². The summed E-state index contributed by atoms with van der Waals surface area (Å²) in [5.41, 5.74) is 8.33. The molecular weight excluding hydrogens is 523 g/mol. The van der Waals surface area contributed by atoms with E-state index in [0.717, 1.165) is 0 Å². The molecule has 0 aromatic carbocycles. The van der Waals surface area contributed by atoms with Crippen LogP contribution in [0.15, 0.2) is 12.2 Å². The molecule has 0 aromatic heterocycles. The molecule has 1 rings (SSSR count). The maximum atomic E-state index is 12.3. The van der Waals surface area contributed by atoms with Crippen molar-refractivity contribution >= 4 is 11.6 Å². The number of allylic oxidation sites excluding steroid dienone is 1. The molecule has 0 aliphatic carbocycles. The van der Waals surface area contributed by atoms with Crippen molar-refractivity contribution in [2.45, 2.75) is 58.5 Å². The Bertz CT molecular complexity index is 444. The van der Waals surface area contributed by atoms with Crippen molar-refractivity contribution in [3.05, 3.63) is 17.9 Å². The third kappa shape index (κ3) is 6.59. The number of rotatable bonds is 9. The molecule has 1 aliphatic rings. The van der Waals surface area contributed by atoms with Crippen LogP contribution in [0.3, 0.4) is 0 Å². The van der Waals surface area contributed by atoms with E-state index in [-0.39, 0.29) is 80.2 Å². The van der Waals surface area contributed by atoms with E-state index in [2.05, 4.69) is 0 Å². The van der Waals surface area contributed by atoms with Crippen LogP contribution < -0.4 is 0 Å². The Labute approximate surface area is 181 Å². The first kappa shape index (κ1) is 24.4. The number of ketones is 2. The molecule has 1 N–H and O–H groups in total. The van der Waals surface area contributed by atoms with Crippen molar-refractivity contribution in [3.63, 3.8) is 0 Å². The molecule has 1 heterocycles. The Kier molecular flexibility index (Phi) is 12.1. The number of ether oxygens (including phenoxy) is 2. The molecule has 6 nitrogen and oxygen atoms in total. The SMILES string of the molecule is C/C=C\[C@@H]1C[C@H](C(C)=O)N(C)[C@H]1[C@@H]([NH-])C(=O)COC(C)OCC.[Ac]. The maximum absolute atomic E-state index is 12.3. The minimum absolute atomic E-state index is 0. The Balaban J connectivity index is 0.00000529. The van der Waals surface area contributed by atoms with Gasteiger partial charge >= 0.3 is 0 Å². The first-order chi connectivity index (χ1) is 10.8. The van der Waals surface area contributed by atoms with Gasteiger partial charge in [0.2, 0.25) is 0 Å². The van der Waals surface area contributed by atoms with E-state index >= 15 is 0 Å². The van der Waals surface area contributed by atoms with E-state index in [9.17, 15) is 9.59 Å². The molecule has 7 heteroatoms. The van der Waals surface area contributed by atoms with Crippen molar-refractivity contribution in [2.75, 3.05) is 20.3 Å². The molecule has 1 fully saturated rings. The molecular formula is C17H29AcN2O4-. The smallest absolute Gasteiger partial charge is 0.155 e. The molecule has 5 atom stereocenters. The molecule has 135 valence electrons. The van der Waals surface area contributed by atoms with Crippen LogP contribution in [0.1, 0.15) is 34.1 Å². The van der Waals surface area contributed by atoms with E-state index in [0.29, 0.717) is 13.0 Å². The number of hydrogen-bond donors (Lipinski definition) is 0. The number of nitrogens with one attached hydrogen (secondary N) is 1. The Morgan fingerprint density at radius 1 is 1.38 bits per heavy atom. The fraction of sp³-hybridized carbons (Fsp3) is 0.765.